The molecule has 0 radical (unpaired) electrons. The van der Waals surface area contributed by atoms with Gasteiger partial charge in [0.25, 0.3) is 0 Å². The van der Waals surface area contributed by atoms with Crippen LogP contribution in [0.25, 0.3) is 0 Å². The van der Waals surface area contributed by atoms with Crippen LogP contribution >= 0.6 is 0 Å². The van der Waals surface area contributed by atoms with E-state index in [-0.39, 0.29) is 6.54 Å². The largest absolute Gasteiger partial charge is 0.382 e. The molecule has 1 rings (SSSR count). The third-order valence-electron chi connectivity index (χ3n) is 2.88. The number of aliphatic hydroxyl groups is 1. The molecule has 1 saturated heterocycles. The average molecular weight is 215 g/mol. The van der Waals surface area contributed by atoms with Crippen LogP contribution in [0, 0.1) is 0 Å². The molecule has 2 unspecified atom stereocenters. The molecule has 2 atom stereocenters. The number of aliphatic hydroxyl groups excluding tert-OH is 1. The Morgan fingerprint density at radius 2 is 2.33 bits per heavy atom. The Balaban J connectivity index is 2.22. The van der Waals surface area contributed by atoms with Gasteiger partial charge in [-0.25, -0.2) is 0 Å². The van der Waals surface area contributed by atoms with Crippen molar-refractivity contribution < 1.29 is 9.90 Å². The van der Waals surface area contributed by atoms with Crippen LogP contribution in [-0.4, -0.2) is 53.7 Å². The van der Waals surface area contributed by atoms with Gasteiger partial charge in [-0.2, -0.15) is 0 Å². The van der Waals surface area contributed by atoms with E-state index in [1.54, 1.807) is 0 Å². The predicted molar refractivity (Wildman–Crippen MR) is 58.3 cm³/mol. The van der Waals surface area contributed by atoms with E-state index < -0.39 is 12.0 Å². The van der Waals surface area contributed by atoms with Crippen LogP contribution in [0.15, 0.2) is 0 Å². The Labute approximate surface area is 90.6 Å². The van der Waals surface area contributed by atoms with Crippen LogP contribution in [0.5, 0.6) is 0 Å². The SMILES string of the molecule is CC(C)N1CCC(NCC(O)C(N)=O)C1. The van der Waals surface area contributed by atoms with Crippen LogP contribution in [0.4, 0.5) is 0 Å². The summed E-state index contributed by atoms with van der Waals surface area (Å²) in [6, 6.07) is 0.916. The molecule has 0 saturated carbocycles. The van der Waals surface area contributed by atoms with Gasteiger partial charge in [0.2, 0.25) is 5.91 Å². The zero-order valence-corrected chi connectivity index (χ0v) is 9.44. The number of primary amides is 1. The molecule has 5 nitrogen and oxygen atoms in total. The van der Waals surface area contributed by atoms with E-state index in [9.17, 15) is 9.90 Å². The lowest BCUT2D eigenvalue weighted by Crippen LogP contribution is -2.43. The fourth-order valence-corrected chi connectivity index (χ4v) is 1.80. The fourth-order valence-electron chi connectivity index (χ4n) is 1.80. The molecule has 4 N–H and O–H groups in total. The van der Waals surface area contributed by atoms with Gasteiger partial charge in [-0.3, -0.25) is 9.69 Å². The number of carbonyl (C=O) groups excluding carboxylic acids is 1. The highest BCUT2D eigenvalue weighted by atomic mass is 16.3. The first-order chi connectivity index (χ1) is 7.00. The van der Waals surface area contributed by atoms with Crippen LogP contribution in [0.2, 0.25) is 0 Å². The lowest BCUT2D eigenvalue weighted by Gasteiger charge is -2.20. The zero-order valence-electron chi connectivity index (χ0n) is 9.44. The molecular weight excluding hydrogens is 194 g/mol. The van der Waals surface area contributed by atoms with Crippen molar-refractivity contribution in [2.75, 3.05) is 19.6 Å². The third kappa shape index (κ3) is 3.77. The van der Waals surface area contributed by atoms with Gasteiger partial charge < -0.3 is 16.2 Å². The molecule has 0 bridgehead atoms. The molecule has 0 aliphatic carbocycles. The van der Waals surface area contributed by atoms with Gasteiger partial charge in [0.05, 0.1) is 0 Å². The molecule has 0 aromatic carbocycles. The number of hydrogen-bond donors (Lipinski definition) is 3. The predicted octanol–water partition coefficient (Wildman–Crippen LogP) is -1.10. The average Bonchev–Trinajstić information content (AvgIpc) is 2.62. The Bertz CT molecular complexity index is 221. The minimum Gasteiger partial charge on any atom is -0.382 e. The highest BCUT2D eigenvalue weighted by molar-refractivity contribution is 5.78. The van der Waals surface area contributed by atoms with Crippen molar-refractivity contribution in [3.63, 3.8) is 0 Å². The molecule has 0 spiro atoms. The van der Waals surface area contributed by atoms with Crippen molar-refractivity contribution in [3.8, 4) is 0 Å². The molecule has 1 heterocycles. The highest BCUT2D eigenvalue weighted by Gasteiger charge is 2.24. The summed E-state index contributed by atoms with van der Waals surface area (Å²) in [5.74, 6) is -0.666. The first-order valence-electron chi connectivity index (χ1n) is 5.45. The normalized spacial score (nSPS) is 24.7. The Morgan fingerprint density at radius 3 is 2.80 bits per heavy atom. The van der Waals surface area contributed by atoms with Gasteiger partial charge in [-0.15, -0.1) is 0 Å². The first-order valence-corrected chi connectivity index (χ1v) is 5.45. The smallest absolute Gasteiger partial charge is 0.247 e. The highest BCUT2D eigenvalue weighted by Crippen LogP contribution is 2.11. The van der Waals surface area contributed by atoms with Crippen LogP contribution < -0.4 is 11.1 Å². The van der Waals surface area contributed by atoms with Crippen molar-refractivity contribution in [2.24, 2.45) is 5.73 Å². The maximum Gasteiger partial charge on any atom is 0.247 e. The zero-order chi connectivity index (χ0) is 11.4. The quantitative estimate of drug-likeness (QED) is 0.544. The van der Waals surface area contributed by atoms with E-state index >= 15 is 0 Å². The topological polar surface area (TPSA) is 78.6 Å². The van der Waals surface area contributed by atoms with Crippen molar-refractivity contribution in [1.29, 1.82) is 0 Å². The van der Waals surface area contributed by atoms with E-state index in [0.717, 1.165) is 19.5 Å². The van der Waals surface area contributed by atoms with Crippen molar-refractivity contribution >= 4 is 5.91 Å². The number of nitrogens with one attached hydrogen (secondary N) is 1. The standard InChI is InChI=1S/C10H21N3O2/c1-7(2)13-4-3-8(6-13)12-5-9(14)10(11)15/h7-9,12,14H,3-6H2,1-2H3,(H2,11,15). The fraction of sp³-hybridized carbons (Fsp3) is 0.900. The van der Waals surface area contributed by atoms with Gasteiger partial charge in [-0.05, 0) is 26.8 Å². The molecule has 1 aliphatic heterocycles. The minimum absolute atomic E-state index is 0.256. The van der Waals surface area contributed by atoms with E-state index in [4.69, 9.17) is 5.73 Å². The minimum atomic E-state index is -1.07. The lowest BCUT2D eigenvalue weighted by atomic mass is 10.2. The van der Waals surface area contributed by atoms with E-state index in [0.29, 0.717) is 12.1 Å². The summed E-state index contributed by atoms with van der Waals surface area (Å²) in [6.07, 6.45) is -0.0120. The number of nitrogens with two attached hydrogens (primary N) is 1. The van der Waals surface area contributed by atoms with Gasteiger partial charge in [-0.1, -0.05) is 0 Å². The lowest BCUT2D eigenvalue weighted by molar-refractivity contribution is -0.125. The second-order valence-electron chi connectivity index (χ2n) is 4.40. The number of rotatable bonds is 5. The summed E-state index contributed by atoms with van der Waals surface area (Å²) < 4.78 is 0. The third-order valence-corrected chi connectivity index (χ3v) is 2.88. The number of likely N-dealkylation sites (tertiary alicyclic amines) is 1. The second-order valence-corrected chi connectivity index (χ2v) is 4.40. The van der Waals surface area contributed by atoms with E-state index in [2.05, 4.69) is 24.1 Å². The summed E-state index contributed by atoms with van der Waals surface area (Å²) >= 11 is 0. The molecule has 5 heteroatoms. The van der Waals surface area contributed by atoms with Crippen LogP contribution in [-0.2, 0) is 4.79 Å². The van der Waals surface area contributed by atoms with E-state index in [1.807, 2.05) is 0 Å². The Kier molecular flexibility index (Phi) is 4.50. The molecule has 1 fully saturated rings. The summed E-state index contributed by atoms with van der Waals surface area (Å²) in [7, 11) is 0. The Morgan fingerprint density at radius 1 is 1.67 bits per heavy atom. The van der Waals surface area contributed by atoms with Crippen molar-refractivity contribution in [1.82, 2.24) is 10.2 Å². The maximum absolute atomic E-state index is 10.6. The summed E-state index contributed by atoms with van der Waals surface area (Å²) in [4.78, 5) is 13.0. The van der Waals surface area contributed by atoms with Crippen molar-refractivity contribution in [3.05, 3.63) is 0 Å². The number of hydrogen-bond acceptors (Lipinski definition) is 4. The number of carbonyl (C=O) groups is 1. The maximum atomic E-state index is 10.6. The molecule has 1 amide bonds. The summed E-state index contributed by atoms with van der Waals surface area (Å²) in [5, 5.41) is 12.4. The van der Waals surface area contributed by atoms with Crippen molar-refractivity contribution in [2.45, 2.75) is 38.5 Å². The number of nitrogens with zero attached hydrogens (tertiary/aromatic N) is 1. The first kappa shape index (κ1) is 12.4. The van der Waals surface area contributed by atoms with Crippen LogP contribution in [0.1, 0.15) is 20.3 Å². The molecular formula is C10H21N3O2. The molecule has 88 valence electrons. The van der Waals surface area contributed by atoms with Crippen LogP contribution in [0.3, 0.4) is 0 Å². The number of amides is 1. The molecule has 0 aromatic heterocycles. The van der Waals surface area contributed by atoms with Gasteiger partial charge >= 0.3 is 0 Å². The molecule has 1 aliphatic rings. The monoisotopic (exact) mass is 215 g/mol. The molecule has 0 aromatic rings. The Hall–Kier alpha value is -0.650. The summed E-state index contributed by atoms with van der Waals surface area (Å²) in [6.45, 7) is 6.64. The van der Waals surface area contributed by atoms with E-state index in [1.165, 1.54) is 0 Å². The second kappa shape index (κ2) is 5.44. The van der Waals surface area contributed by atoms with Gasteiger partial charge in [0.1, 0.15) is 6.10 Å². The van der Waals surface area contributed by atoms with Gasteiger partial charge in [0, 0.05) is 25.2 Å². The summed E-state index contributed by atoms with van der Waals surface area (Å²) in [5.41, 5.74) is 4.96. The van der Waals surface area contributed by atoms with Gasteiger partial charge in [0.15, 0.2) is 0 Å². The molecule has 15 heavy (non-hydrogen) atoms.